The van der Waals surface area contributed by atoms with Gasteiger partial charge in [0.15, 0.2) is 17.8 Å². The monoisotopic (exact) mass is 361 g/mol. The van der Waals surface area contributed by atoms with E-state index in [1.54, 1.807) is 14.2 Å². The lowest BCUT2D eigenvalue weighted by Crippen LogP contribution is -2.50. The summed E-state index contributed by atoms with van der Waals surface area (Å²) in [5, 5.41) is 10.8. The number of fused-ring (bicyclic) bond motifs is 6. The molecule has 7 heteroatoms. The normalized spacial score (nSPS) is 34.8. The van der Waals surface area contributed by atoms with Gasteiger partial charge in [0, 0.05) is 36.7 Å². The van der Waals surface area contributed by atoms with Gasteiger partial charge in [-0.15, -0.1) is 0 Å². The molecule has 1 aromatic rings. The zero-order valence-corrected chi connectivity index (χ0v) is 15.1. The van der Waals surface area contributed by atoms with Crippen molar-refractivity contribution < 1.29 is 28.8 Å². The van der Waals surface area contributed by atoms with Crippen LogP contribution in [0, 0.1) is 0 Å². The zero-order valence-electron chi connectivity index (χ0n) is 15.1. The summed E-state index contributed by atoms with van der Waals surface area (Å²) in [5.41, 5.74) is 3.12. The highest BCUT2D eigenvalue weighted by atomic mass is 16.7. The molecule has 0 bridgehead atoms. The molecule has 5 atom stereocenters. The second-order valence-electron chi connectivity index (χ2n) is 7.25. The van der Waals surface area contributed by atoms with Crippen LogP contribution in [0.1, 0.15) is 29.8 Å². The third-order valence-electron chi connectivity index (χ3n) is 6.00. The molecule has 5 rings (SSSR count). The molecule has 4 aliphatic rings. The first-order valence-electron chi connectivity index (χ1n) is 8.91. The lowest BCUT2D eigenvalue weighted by Gasteiger charge is -2.46. The maximum atomic E-state index is 10.8. The third kappa shape index (κ3) is 2.08. The Balaban J connectivity index is 1.75. The molecule has 0 radical (unpaired) electrons. The van der Waals surface area contributed by atoms with Crippen LogP contribution in [0.3, 0.4) is 0 Å². The smallest absolute Gasteiger partial charge is 0.231 e. The number of likely N-dealkylation sites (tertiary alicyclic amines) is 1. The van der Waals surface area contributed by atoms with Crippen LogP contribution in [0.4, 0.5) is 0 Å². The van der Waals surface area contributed by atoms with Crippen molar-refractivity contribution in [1.82, 2.24) is 4.90 Å². The summed E-state index contributed by atoms with van der Waals surface area (Å²) in [5.74, 6) is 1.84. The van der Waals surface area contributed by atoms with Crippen molar-refractivity contribution in [3.05, 3.63) is 28.8 Å². The standard InChI is InChI=1S/C19H23NO6/c1-20-5-4-9-6-11(21)16-14(15(9)20)13-10(19(23-3)26-16)7-12-17(18(13)22-2)25-8-24-12/h6-7,11,14-16,19,21H,4-5,8H2,1-3H3. The van der Waals surface area contributed by atoms with Crippen LogP contribution in [-0.2, 0) is 9.47 Å². The molecule has 3 heterocycles. The number of nitrogens with zero attached hydrogens (tertiary/aromatic N) is 1. The fraction of sp³-hybridized carbons (Fsp3) is 0.579. The lowest BCUT2D eigenvalue weighted by atomic mass is 9.73. The van der Waals surface area contributed by atoms with Gasteiger partial charge in [-0.2, -0.15) is 0 Å². The summed E-state index contributed by atoms with van der Waals surface area (Å²) in [7, 11) is 5.35. The minimum absolute atomic E-state index is 0.0663. The second-order valence-corrected chi connectivity index (χ2v) is 7.25. The molecule has 0 saturated carbocycles. The van der Waals surface area contributed by atoms with E-state index in [0.29, 0.717) is 17.2 Å². The molecule has 7 nitrogen and oxygen atoms in total. The van der Waals surface area contributed by atoms with Crippen molar-refractivity contribution in [2.45, 2.75) is 36.9 Å². The van der Waals surface area contributed by atoms with Gasteiger partial charge in [0.2, 0.25) is 12.5 Å². The minimum Gasteiger partial charge on any atom is -0.492 e. The molecule has 3 aliphatic heterocycles. The van der Waals surface area contributed by atoms with Crippen LogP contribution < -0.4 is 14.2 Å². The quantitative estimate of drug-likeness (QED) is 0.802. The average molecular weight is 361 g/mol. The molecule has 140 valence electrons. The number of ether oxygens (including phenoxy) is 5. The molecular weight excluding hydrogens is 338 g/mol. The Hall–Kier alpha value is -1.80. The molecule has 5 unspecified atom stereocenters. The fourth-order valence-corrected chi connectivity index (χ4v) is 4.94. The van der Waals surface area contributed by atoms with E-state index < -0.39 is 18.5 Å². The summed E-state index contributed by atoms with van der Waals surface area (Å²) in [6, 6.07) is 2.08. The van der Waals surface area contributed by atoms with Crippen molar-refractivity contribution in [3.63, 3.8) is 0 Å². The summed E-state index contributed by atoms with van der Waals surface area (Å²) >= 11 is 0. The number of hydrogen-bond donors (Lipinski definition) is 1. The summed E-state index contributed by atoms with van der Waals surface area (Å²) in [6.07, 6.45) is 1.23. The van der Waals surface area contributed by atoms with Gasteiger partial charge < -0.3 is 28.8 Å². The van der Waals surface area contributed by atoms with Crippen LogP contribution in [0.2, 0.25) is 0 Å². The first kappa shape index (κ1) is 16.4. The summed E-state index contributed by atoms with van der Waals surface area (Å²) in [6.45, 7) is 1.13. The van der Waals surface area contributed by atoms with E-state index in [2.05, 4.69) is 11.9 Å². The molecule has 1 aromatic carbocycles. The number of rotatable bonds is 2. The maximum absolute atomic E-state index is 10.8. The van der Waals surface area contributed by atoms with Crippen LogP contribution in [0.25, 0.3) is 0 Å². The van der Waals surface area contributed by atoms with E-state index in [-0.39, 0.29) is 18.8 Å². The predicted octanol–water partition coefficient (Wildman–Crippen LogP) is 1.56. The van der Waals surface area contributed by atoms with E-state index in [0.717, 1.165) is 24.1 Å². The highest BCUT2D eigenvalue weighted by Crippen LogP contribution is 2.56. The molecule has 1 N–H and O–H groups in total. The molecule has 26 heavy (non-hydrogen) atoms. The fourth-order valence-electron chi connectivity index (χ4n) is 4.94. The van der Waals surface area contributed by atoms with Crippen LogP contribution in [0.15, 0.2) is 17.7 Å². The van der Waals surface area contributed by atoms with E-state index in [4.69, 9.17) is 23.7 Å². The van der Waals surface area contributed by atoms with Crippen molar-refractivity contribution in [2.75, 3.05) is 34.6 Å². The van der Waals surface area contributed by atoms with E-state index in [1.807, 2.05) is 12.1 Å². The number of methoxy groups -OCH3 is 2. The minimum atomic E-state index is -0.682. The molecule has 0 amide bonds. The molecule has 1 saturated heterocycles. The summed E-state index contributed by atoms with van der Waals surface area (Å²) in [4.78, 5) is 2.32. The average Bonchev–Trinajstić information content (AvgIpc) is 3.25. The highest BCUT2D eigenvalue weighted by molar-refractivity contribution is 5.63. The largest absolute Gasteiger partial charge is 0.492 e. The van der Waals surface area contributed by atoms with Crippen molar-refractivity contribution >= 4 is 0 Å². The van der Waals surface area contributed by atoms with Crippen molar-refractivity contribution in [1.29, 1.82) is 0 Å². The van der Waals surface area contributed by atoms with Gasteiger partial charge >= 0.3 is 0 Å². The first-order valence-corrected chi connectivity index (χ1v) is 8.91. The summed E-state index contributed by atoms with van der Waals surface area (Å²) < 4.78 is 28.8. The Morgan fingerprint density at radius 3 is 2.88 bits per heavy atom. The van der Waals surface area contributed by atoms with Gasteiger partial charge in [-0.05, 0) is 19.5 Å². The molecule has 0 aromatic heterocycles. The molecule has 1 aliphatic carbocycles. The number of aliphatic hydroxyl groups excluding tert-OH is 1. The molecule has 1 fully saturated rings. The van der Waals surface area contributed by atoms with Gasteiger partial charge in [0.25, 0.3) is 0 Å². The van der Waals surface area contributed by atoms with Crippen molar-refractivity contribution in [2.24, 2.45) is 0 Å². The van der Waals surface area contributed by atoms with E-state index in [1.165, 1.54) is 5.57 Å². The Bertz CT molecular complexity index is 778. The van der Waals surface area contributed by atoms with Crippen LogP contribution in [-0.4, -0.2) is 62.9 Å². The topological polar surface area (TPSA) is 69.6 Å². The Morgan fingerprint density at radius 1 is 1.27 bits per heavy atom. The van der Waals surface area contributed by atoms with Gasteiger partial charge in [-0.1, -0.05) is 11.6 Å². The lowest BCUT2D eigenvalue weighted by molar-refractivity contribution is -0.200. The van der Waals surface area contributed by atoms with Crippen LogP contribution >= 0.6 is 0 Å². The first-order chi connectivity index (χ1) is 12.6. The van der Waals surface area contributed by atoms with E-state index >= 15 is 0 Å². The number of hydrogen-bond acceptors (Lipinski definition) is 7. The maximum Gasteiger partial charge on any atom is 0.231 e. The van der Waals surface area contributed by atoms with Crippen LogP contribution in [0.5, 0.6) is 17.2 Å². The van der Waals surface area contributed by atoms with Gasteiger partial charge in [-0.25, -0.2) is 0 Å². The number of aliphatic hydroxyl groups is 1. The predicted molar refractivity (Wildman–Crippen MR) is 91.6 cm³/mol. The molecular formula is C19H23NO6. The second kappa shape index (κ2) is 5.85. The molecule has 0 spiro atoms. The van der Waals surface area contributed by atoms with Crippen molar-refractivity contribution in [3.8, 4) is 17.2 Å². The Labute approximate surface area is 152 Å². The van der Waals surface area contributed by atoms with Gasteiger partial charge in [0.05, 0.1) is 19.3 Å². The third-order valence-corrected chi connectivity index (χ3v) is 6.00. The Kier molecular flexibility index (Phi) is 3.69. The Morgan fingerprint density at radius 2 is 2.12 bits per heavy atom. The zero-order chi connectivity index (χ0) is 18.0. The van der Waals surface area contributed by atoms with Gasteiger partial charge in [0.1, 0.15) is 0 Å². The highest BCUT2D eigenvalue weighted by Gasteiger charge is 2.52. The SMILES string of the molecule is COc1c2c(cc3c1C1C(OC3OC)C(O)C=C3CCN(C)C31)OCO2. The number of likely N-dealkylation sites (N-methyl/N-ethyl adjacent to an activating group) is 1. The number of benzene rings is 1. The van der Waals surface area contributed by atoms with E-state index in [9.17, 15) is 5.11 Å². The van der Waals surface area contributed by atoms with Gasteiger partial charge in [-0.3, -0.25) is 4.90 Å².